The molecule has 4 aromatic carbocycles. The molecule has 0 aromatic heterocycles. The van der Waals surface area contributed by atoms with Crippen molar-refractivity contribution in [3.05, 3.63) is 118 Å². The highest BCUT2D eigenvalue weighted by Crippen LogP contribution is 2.35. The summed E-state index contributed by atoms with van der Waals surface area (Å²) in [5, 5.41) is 2.39. The van der Waals surface area contributed by atoms with Crippen LogP contribution in [0, 0.1) is 4.91 Å². The van der Waals surface area contributed by atoms with Gasteiger partial charge < -0.3 is 4.74 Å². The van der Waals surface area contributed by atoms with E-state index >= 15 is 0 Å². The van der Waals surface area contributed by atoms with Crippen molar-refractivity contribution >= 4 is 5.91 Å². The highest BCUT2D eigenvalue weighted by Gasteiger charge is 2.14. The van der Waals surface area contributed by atoms with Crippen LogP contribution >= 0.6 is 0 Å². The van der Waals surface area contributed by atoms with Crippen molar-refractivity contribution in [2.24, 2.45) is 5.18 Å². The summed E-state index contributed by atoms with van der Waals surface area (Å²) in [5.41, 5.74) is 9.79. The van der Waals surface area contributed by atoms with Crippen LogP contribution in [-0.4, -0.2) is 12.5 Å². The van der Waals surface area contributed by atoms with Crippen molar-refractivity contribution in [3.63, 3.8) is 0 Å². The molecule has 4 heteroatoms. The predicted molar refractivity (Wildman–Crippen MR) is 146 cm³/mol. The third kappa shape index (κ3) is 5.95. The lowest BCUT2D eigenvalue weighted by atomic mass is 9.88. The molecule has 0 radical (unpaired) electrons. The Balaban J connectivity index is 1.65. The van der Waals surface area contributed by atoms with Gasteiger partial charge in [0.1, 0.15) is 5.75 Å². The fourth-order valence-corrected chi connectivity index (χ4v) is 4.56. The Bertz CT molecular complexity index is 1360. The summed E-state index contributed by atoms with van der Waals surface area (Å²) in [4.78, 5) is 21.6. The lowest BCUT2D eigenvalue weighted by Crippen LogP contribution is -2.08. The minimum absolute atomic E-state index is 0.253. The van der Waals surface area contributed by atoms with Crippen molar-refractivity contribution in [1.82, 2.24) is 0 Å². The molecule has 0 saturated carbocycles. The number of nitroso groups, excluding NO2 is 1. The first-order chi connectivity index (χ1) is 17.5. The van der Waals surface area contributed by atoms with Gasteiger partial charge >= 0.3 is 5.91 Å². The van der Waals surface area contributed by atoms with Crippen molar-refractivity contribution in [3.8, 4) is 28.0 Å². The van der Waals surface area contributed by atoms with Gasteiger partial charge in [-0.15, -0.1) is 4.91 Å². The number of hydrogen-bond acceptors (Lipinski definition) is 3. The highest BCUT2D eigenvalue weighted by molar-refractivity contribution is 5.78. The van der Waals surface area contributed by atoms with E-state index in [4.69, 9.17) is 4.74 Å². The predicted octanol–water partition coefficient (Wildman–Crippen LogP) is 7.97. The van der Waals surface area contributed by atoms with Crippen LogP contribution in [0.4, 0.5) is 0 Å². The van der Waals surface area contributed by atoms with Crippen molar-refractivity contribution in [2.45, 2.75) is 39.5 Å². The first kappa shape index (κ1) is 25.1. The van der Waals surface area contributed by atoms with Crippen LogP contribution in [0.2, 0.25) is 0 Å². The molecule has 0 N–H and O–H groups in total. The van der Waals surface area contributed by atoms with Crippen LogP contribution in [0.5, 0.6) is 5.75 Å². The van der Waals surface area contributed by atoms with E-state index in [1.54, 1.807) is 0 Å². The summed E-state index contributed by atoms with van der Waals surface area (Å²) in [6, 6.07) is 31.8. The van der Waals surface area contributed by atoms with E-state index < -0.39 is 5.91 Å². The van der Waals surface area contributed by atoms with E-state index in [0.29, 0.717) is 5.75 Å². The van der Waals surface area contributed by atoms with E-state index in [-0.39, 0.29) is 12.5 Å². The second-order valence-corrected chi connectivity index (χ2v) is 9.27. The Morgan fingerprint density at radius 2 is 1.53 bits per heavy atom. The summed E-state index contributed by atoms with van der Waals surface area (Å²) < 4.78 is 5.47. The molecule has 0 fully saturated rings. The normalized spacial score (nSPS) is 10.9. The molecule has 4 nitrogen and oxygen atoms in total. The number of nitrogens with zero attached hydrogens (tertiary/aromatic N) is 1. The van der Waals surface area contributed by atoms with E-state index in [2.05, 4.69) is 92.7 Å². The fraction of sp³-hybridized carbons (Fsp3) is 0.219. The number of carbonyl (C=O) groups is 1. The van der Waals surface area contributed by atoms with E-state index in [9.17, 15) is 9.70 Å². The Hall–Kier alpha value is -4.05. The largest absolute Gasteiger partial charge is 0.484 e. The zero-order valence-electron chi connectivity index (χ0n) is 21.0. The number of ether oxygens (including phenoxy) is 1. The number of hydrogen-bond donors (Lipinski definition) is 0. The second-order valence-electron chi connectivity index (χ2n) is 9.27. The standard InChI is InChI=1S/C32H31NO3/c1-4-25-19-27(30-16-14-28(20-31(30)22(2)3)36-21-32(34)33-35)13-15-29(25)26-12-8-11-24(18-26)17-23-9-6-5-7-10-23/h5-16,18-20,22H,4,17,21H2,1-3H3. The average Bonchev–Trinajstić information content (AvgIpc) is 2.91. The van der Waals surface area contributed by atoms with Gasteiger partial charge in [-0.25, -0.2) is 0 Å². The molecule has 4 rings (SSSR count). The van der Waals surface area contributed by atoms with Gasteiger partial charge in [0.15, 0.2) is 6.61 Å². The van der Waals surface area contributed by atoms with Gasteiger partial charge in [0.25, 0.3) is 0 Å². The monoisotopic (exact) mass is 477 g/mol. The lowest BCUT2D eigenvalue weighted by molar-refractivity contribution is -0.119. The molecule has 0 aliphatic rings. The van der Waals surface area contributed by atoms with E-state index in [1.807, 2.05) is 24.3 Å². The maximum absolute atomic E-state index is 11.2. The van der Waals surface area contributed by atoms with Gasteiger partial charge in [-0.1, -0.05) is 99.6 Å². The molecule has 0 spiro atoms. The molecule has 0 bridgehead atoms. The Morgan fingerprint density at radius 1 is 0.806 bits per heavy atom. The second kappa shape index (κ2) is 11.6. The molecule has 182 valence electrons. The highest BCUT2D eigenvalue weighted by atomic mass is 16.5. The van der Waals surface area contributed by atoms with Gasteiger partial charge in [0.05, 0.1) is 0 Å². The molecule has 0 unspecified atom stereocenters. The van der Waals surface area contributed by atoms with Crippen LogP contribution < -0.4 is 4.74 Å². The maximum atomic E-state index is 11.2. The molecule has 36 heavy (non-hydrogen) atoms. The molecule has 0 aliphatic heterocycles. The van der Waals surface area contributed by atoms with Crippen molar-refractivity contribution in [2.75, 3.05) is 6.61 Å². The molecule has 0 saturated heterocycles. The van der Waals surface area contributed by atoms with Crippen LogP contribution in [0.25, 0.3) is 22.3 Å². The number of carbonyl (C=O) groups excluding carboxylic acids is 1. The summed E-state index contributed by atoms with van der Waals surface area (Å²) in [5.74, 6) is -0.00827. The summed E-state index contributed by atoms with van der Waals surface area (Å²) in [6.07, 6.45) is 1.83. The van der Waals surface area contributed by atoms with E-state index in [1.165, 1.54) is 27.8 Å². The maximum Gasteiger partial charge on any atom is 0.323 e. The molecule has 0 atom stereocenters. The third-order valence-corrected chi connectivity index (χ3v) is 6.40. The van der Waals surface area contributed by atoms with Gasteiger partial charge in [-0.05, 0) is 75.4 Å². The fourth-order valence-electron chi connectivity index (χ4n) is 4.56. The zero-order chi connectivity index (χ0) is 25.5. The van der Waals surface area contributed by atoms with Crippen LogP contribution in [0.3, 0.4) is 0 Å². The molecule has 0 aliphatic carbocycles. The lowest BCUT2D eigenvalue weighted by Gasteiger charge is -2.17. The Labute approximate surface area is 212 Å². The first-order valence-corrected chi connectivity index (χ1v) is 12.4. The molecule has 1 amide bonds. The average molecular weight is 478 g/mol. The molecule has 0 heterocycles. The summed E-state index contributed by atoms with van der Waals surface area (Å²) in [6.45, 7) is 6.11. The Morgan fingerprint density at radius 3 is 2.25 bits per heavy atom. The number of rotatable bonds is 9. The number of benzene rings is 4. The Kier molecular flexibility index (Phi) is 8.06. The van der Waals surface area contributed by atoms with E-state index in [0.717, 1.165) is 29.5 Å². The van der Waals surface area contributed by atoms with Crippen LogP contribution in [0.15, 0.2) is 96.2 Å². The quantitative estimate of drug-likeness (QED) is 0.230. The van der Waals surface area contributed by atoms with Gasteiger partial charge in [0.2, 0.25) is 0 Å². The van der Waals surface area contributed by atoms with Crippen molar-refractivity contribution < 1.29 is 9.53 Å². The molecular formula is C32H31NO3. The number of amides is 1. The minimum atomic E-state index is -0.818. The molecule has 4 aromatic rings. The first-order valence-electron chi connectivity index (χ1n) is 12.4. The summed E-state index contributed by atoms with van der Waals surface area (Å²) in [7, 11) is 0. The van der Waals surface area contributed by atoms with Crippen LogP contribution in [-0.2, 0) is 17.6 Å². The van der Waals surface area contributed by atoms with Gasteiger partial charge in [0, 0.05) is 5.18 Å². The van der Waals surface area contributed by atoms with Gasteiger partial charge in [-0.3, -0.25) is 4.79 Å². The third-order valence-electron chi connectivity index (χ3n) is 6.40. The SMILES string of the molecule is CCc1cc(-c2ccc(OCC(=O)N=O)cc2C(C)C)ccc1-c1cccc(Cc2ccccc2)c1. The molecular weight excluding hydrogens is 446 g/mol. The topological polar surface area (TPSA) is 55.7 Å². The zero-order valence-corrected chi connectivity index (χ0v) is 21.0. The van der Waals surface area contributed by atoms with Gasteiger partial charge in [-0.2, -0.15) is 0 Å². The smallest absolute Gasteiger partial charge is 0.323 e. The minimum Gasteiger partial charge on any atom is -0.484 e. The summed E-state index contributed by atoms with van der Waals surface area (Å²) >= 11 is 0. The van der Waals surface area contributed by atoms with Crippen molar-refractivity contribution in [1.29, 1.82) is 0 Å². The number of aryl methyl sites for hydroxylation is 1. The van der Waals surface area contributed by atoms with Crippen LogP contribution in [0.1, 0.15) is 48.9 Å².